The first-order valence-corrected chi connectivity index (χ1v) is 28.4. The number of ketones is 4. The van der Waals surface area contributed by atoms with Crippen molar-refractivity contribution in [3.05, 3.63) is 116 Å². The number of benzene rings is 2. The summed E-state index contributed by atoms with van der Waals surface area (Å²) in [6.07, 6.45) is 31.3. The van der Waals surface area contributed by atoms with Crippen molar-refractivity contribution in [2.45, 2.75) is 231 Å². The molecule has 4 unspecified atom stereocenters. The fraction of sp³-hybridized carbons (Fsp3) is 0.636. The SMILES string of the molecule is CC1=C(C/C=C(/C)CCCC(C)CCCC(C)CCCC(C)C)C(=O)c2ccccc2C1=O.CC1=C(C/C=C(\CCCC(C)CCCC(C)CCCC(C)C)CCC(C)C)C(=O)c2ccccc2C1=O. The van der Waals surface area contributed by atoms with Gasteiger partial charge in [0.15, 0.2) is 23.1 Å². The zero-order valence-corrected chi connectivity index (χ0v) is 47.0. The number of fused-ring (bicyclic) bond motifs is 2. The van der Waals surface area contributed by atoms with E-state index in [4.69, 9.17) is 0 Å². The van der Waals surface area contributed by atoms with Gasteiger partial charge in [-0.2, -0.15) is 0 Å². The smallest absolute Gasteiger partial charge is 0.190 e. The first-order valence-electron chi connectivity index (χ1n) is 28.4. The van der Waals surface area contributed by atoms with Gasteiger partial charge in [-0.25, -0.2) is 0 Å². The van der Waals surface area contributed by atoms with Crippen LogP contribution in [0.3, 0.4) is 0 Å². The molecule has 2 aliphatic rings. The molecule has 0 radical (unpaired) electrons. The highest BCUT2D eigenvalue weighted by atomic mass is 16.1. The summed E-state index contributed by atoms with van der Waals surface area (Å²) in [7, 11) is 0. The molecule has 0 saturated carbocycles. The van der Waals surface area contributed by atoms with Crippen molar-refractivity contribution in [1.82, 2.24) is 0 Å². The van der Waals surface area contributed by atoms with Crippen LogP contribution in [0.15, 0.2) is 94.1 Å². The summed E-state index contributed by atoms with van der Waals surface area (Å²) in [5.41, 5.74) is 7.56. The lowest BCUT2D eigenvalue weighted by atomic mass is 9.83. The summed E-state index contributed by atoms with van der Waals surface area (Å²) in [5, 5.41) is 0. The molecule has 70 heavy (non-hydrogen) atoms. The van der Waals surface area contributed by atoms with Crippen LogP contribution in [0.25, 0.3) is 0 Å². The molecule has 2 aromatic rings. The van der Waals surface area contributed by atoms with Crippen molar-refractivity contribution in [1.29, 1.82) is 0 Å². The number of hydrogen-bond donors (Lipinski definition) is 0. The van der Waals surface area contributed by atoms with Gasteiger partial charge in [0.05, 0.1) is 0 Å². The van der Waals surface area contributed by atoms with E-state index in [9.17, 15) is 19.2 Å². The van der Waals surface area contributed by atoms with E-state index < -0.39 is 0 Å². The molecule has 4 heteroatoms. The third kappa shape index (κ3) is 21.4. The van der Waals surface area contributed by atoms with E-state index in [1.165, 1.54) is 120 Å². The summed E-state index contributed by atoms with van der Waals surface area (Å²) >= 11 is 0. The van der Waals surface area contributed by atoms with E-state index >= 15 is 0 Å². The van der Waals surface area contributed by atoms with E-state index in [-0.39, 0.29) is 23.1 Å². The van der Waals surface area contributed by atoms with Crippen LogP contribution in [-0.2, 0) is 0 Å². The van der Waals surface area contributed by atoms with Crippen LogP contribution in [0.2, 0.25) is 0 Å². The van der Waals surface area contributed by atoms with Gasteiger partial charge in [0.25, 0.3) is 0 Å². The molecule has 0 fully saturated rings. The maximum absolute atomic E-state index is 13.2. The minimum absolute atomic E-state index is 0.00500. The lowest BCUT2D eigenvalue weighted by Crippen LogP contribution is -2.20. The van der Waals surface area contributed by atoms with Gasteiger partial charge in [-0.05, 0) is 114 Å². The van der Waals surface area contributed by atoms with E-state index in [2.05, 4.69) is 88.3 Å². The summed E-state index contributed by atoms with van der Waals surface area (Å²) < 4.78 is 0. The van der Waals surface area contributed by atoms with Crippen molar-refractivity contribution in [2.24, 2.45) is 41.4 Å². The zero-order valence-electron chi connectivity index (χ0n) is 47.0. The second kappa shape index (κ2) is 32.2. The molecule has 388 valence electrons. The third-order valence-corrected chi connectivity index (χ3v) is 15.5. The molecule has 2 aromatic carbocycles. The van der Waals surface area contributed by atoms with Gasteiger partial charge >= 0.3 is 0 Å². The van der Waals surface area contributed by atoms with Crippen molar-refractivity contribution < 1.29 is 19.2 Å². The Labute approximate surface area is 429 Å². The molecule has 0 aliphatic heterocycles. The maximum atomic E-state index is 13.2. The van der Waals surface area contributed by atoms with Crippen LogP contribution >= 0.6 is 0 Å². The molecular weight excluding hydrogens is 857 g/mol. The molecule has 0 aromatic heterocycles. The largest absolute Gasteiger partial charge is 0.289 e. The van der Waals surface area contributed by atoms with Gasteiger partial charge < -0.3 is 0 Å². The Morgan fingerprint density at radius 1 is 0.386 bits per heavy atom. The number of rotatable bonds is 31. The highest BCUT2D eigenvalue weighted by Gasteiger charge is 2.30. The minimum atomic E-state index is -0.00526. The fourth-order valence-corrected chi connectivity index (χ4v) is 10.4. The van der Waals surface area contributed by atoms with Crippen molar-refractivity contribution in [2.75, 3.05) is 0 Å². The summed E-state index contributed by atoms with van der Waals surface area (Å²) in [5.74, 6) is 5.63. The van der Waals surface area contributed by atoms with Gasteiger partial charge in [0.1, 0.15) is 0 Å². The first-order chi connectivity index (χ1) is 33.3. The maximum Gasteiger partial charge on any atom is 0.190 e. The monoisotopic (exact) mass is 957 g/mol. The lowest BCUT2D eigenvalue weighted by molar-refractivity contribution is 0.0973. The molecule has 4 atom stereocenters. The number of hydrogen-bond acceptors (Lipinski definition) is 4. The van der Waals surface area contributed by atoms with Crippen LogP contribution in [-0.4, -0.2) is 23.1 Å². The van der Waals surface area contributed by atoms with Crippen LogP contribution < -0.4 is 0 Å². The van der Waals surface area contributed by atoms with Crippen LogP contribution in [0.5, 0.6) is 0 Å². The Hall–Kier alpha value is -3.92. The normalized spacial score (nSPS) is 16.2. The number of Topliss-reactive ketones (excluding diaryl/α,β-unsaturated/α-hetero) is 4. The molecular formula is C66H100O4. The van der Waals surface area contributed by atoms with Crippen LogP contribution in [0.1, 0.15) is 273 Å². The van der Waals surface area contributed by atoms with Crippen molar-refractivity contribution >= 4 is 23.1 Å². The van der Waals surface area contributed by atoms with Crippen molar-refractivity contribution in [3.8, 4) is 0 Å². The topological polar surface area (TPSA) is 68.3 Å². The van der Waals surface area contributed by atoms with E-state index in [0.717, 1.165) is 54.8 Å². The van der Waals surface area contributed by atoms with Crippen LogP contribution in [0, 0.1) is 41.4 Å². The van der Waals surface area contributed by atoms with Gasteiger partial charge in [-0.15, -0.1) is 0 Å². The van der Waals surface area contributed by atoms with Crippen LogP contribution in [0.4, 0.5) is 0 Å². The minimum Gasteiger partial charge on any atom is -0.289 e. The summed E-state index contributed by atoms with van der Waals surface area (Å²) in [6, 6.07) is 14.4. The Morgan fingerprint density at radius 3 is 1.07 bits per heavy atom. The third-order valence-electron chi connectivity index (χ3n) is 15.5. The average Bonchev–Trinajstić information content (AvgIpc) is 3.31. The molecule has 0 heterocycles. The number of carbonyl (C=O) groups is 4. The predicted molar refractivity (Wildman–Crippen MR) is 300 cm³/mol. The number of carbonyl (C=O) groups excluding carboxylic acids is 4. The van der Waals surface area contributed by atoms with Gasteiger partial charge in [0, 0.05) is 44.5 Å². The highest BCUT2D eigenvalue weighted by Crippen LogP contribution is 2.32. The summed E-state index contributed by atoms with van der Waals surface area (Å²) in [6.45, 7) is 29.2. The lowest BCUT2D eigenvalue weighted by Gasteiger charge is -2.19. The van der Waals surface area contributed by atoms with Crippen molar-refractivity contribution in [3.63, 3.8) is 0 Å². The van der Waals surface area contributed by atoms with Gasteiger partial charge in [0.2, 0.25) is 0 Å². The summed E-state index contributed by atoms with van der Waals surface area (Å²) in [4.78, 5) is 51.5. The van der Waals surface area contributed by atoms with E-state index in [1.807, 2.05) is 31.2 Å². The van der Waals surface area contributed by atoms with E-state index in [0.29, 0.717) is 63.3 Å². The second-order valence-electron chi connectivity index (χ2n) is 23.6. The molecule has 0 spiro atoms. The Bertz CT molecular complexity index is 2080. The van der Waals surface area contributed by atoms with Gasteiger partial charge in [-0.1, -0.05) is 231 Å². The average molecular weight is 958 g/mol. The first kappa shape index (κ1) is 60.4. The van der Waals surface area contributed by atoms with E-state index in [1.54, 1.807) is 31.2 Å². The zero-order chi connectivity index (χ0) is 51.8. The molecule has 0 amide bonds. The molecule has 0 bridgehead atoms. The Balaban J connectivity index is 0.000000373. The highest BCUT2D eigenvalue weighted by molar-refractivity contribution is 6.27. The molecule has 4 rings (SSSR count). The fourth-order valence-electron chi connectivity index (χ4n) is 10.4. The Morgan fingerprint density at radius 2 is 0.700 bits per heavy atom. The quantitative estimate of drug-likeness (QED) is 0.0706. The molecule has 4 nitrogen and oxygen atoms in total. The molecule has 0 N–H and O–H groups in total. The van der Waals surface area contributed by atoms with Gasteiger partial charge in [-0.3, -0.25) is 19.2 Å². The molecule has 0 saturated heterocycles. The Kier molecular flexibility index (Phi) is 27.8. The standard InChI is InChI=1S/C35H54O2.C31H46O2/c1-25(2)13-10-14-27(5)15-11-16-28(6)17-12-18-30(22-21-26(3)4)23-24-31-29(7)34(36)32-19-8-9-20-33(32)35(31)37;1-22(2)12-9-13-23(3)14-10-15-24(4)16-11-17-25(5)20-21-27-26(6)30(32)28-18-7-8-19-29(28)31(27)33/h8-9,19-20,23,25-28H,10-18,21-22,24H2,1-7H3;7-8,18-20,22-24H,9-17,21H2,1-6H3/b30-23+;25-20-. The number of allylic oxidation sites excluding steroid dienone is 8. The molecule has 2 aliphatic carbocycles. The second-order valence-corrected chi connectivity index (χ2v) is 23.6. The predicted octanol–water partition coefficient (Wildman–Crippen LogP) is 19.7.